The fourth-order valence-corrected chi connectivity index (χ4v) is 3.92. The van der Waals surface area contributed by atoms with Crippen LogP contribution in [0.3, 0.4) is 0 Å². The van der Waals surface area contributed by atoms with Crippen LogP contribution in [0.4, 0.5) is 27.6 Å². The predicted molar refractivity (Wildman–Crippen MR) is 110 cm³/mol. The topological polar surface area (TPSA) is 86.9 Å². The summed E-state index contributed by atoms with van der Waals surface area (Å²) in [5.74, 6) is -3.55. The highest BCUT2D eigenvalue weighted by Crippen LogP contribution is 2.37. The van der Waals surface area contributed by atoms with Crippen LogP contribution in [0, 0.1) is 23.0 Å². The Morgan fingerprint density at radius 2 is 1.88 bits per heavy atom. The number of nitriles is 1. The van der Waals surface area contributed by atoms with Crippen LogP contribution < -0.4 is 10.6 Å². The third kappa shape index (κ3) is 4.32. The zero-order chi connectivity index (χ0) is 24.8. The van der Waals surface area contributed by atoms with E-state index >= 15 is 0 Å². The average Bonchev–Trinajstić information content (AvgIpc) is 3.11. The van der Waals surface area contributed by atoms with Crippen molar-refractivity contribution in [2.24, 2.45) is 0 Å². The molecule has 0 saturated heterocycles. The van der Waals surface area contributed by atoms with Crippen LogP contribution >= 0.6 is 11.6 Å². The van der Waals surface area contributed by atoms with Gasteiger partial charge in [-0.3, -0.25) is 9.59 Å². The Labute approximate surface area is 193 Å². The van der Waals surface area contributed by atoms with Crippen molar-refractivity contribution in [2.75, 3.05) is 5.32 Å². The smallest absolute Gasteiger partial charge is 0.342 e. The number of nitrogens with zero attached hydrogens (tertiary/aromatic N) is 2. The number of hydrogen-bond acceptors (Lipinski definition) is 3. The number of anilines is 1. The molecule has 1 aliphatic rings. The van der Waals surface area contributed by atoms with E-state index in [2.05, 4.69) is 10.6 Å². The Morgan fingerprint density at radius 3 is 2.56 bits per heavy atom. The van der Waals surface area contributed by atoms with Crippen molar-refractivity contribution in [3.63, 3.8) is 0 Å². The van der Waals surface area contributed by atoms with Gasteiger partial charge in [0.05, 0.1) is 23.0 Å². The third-order valence-corrected chi connectivity index (χ3v) is 5.48. The van der Waals surface area contributed by atoms with Crippen molar-refractivity contribution >= 4 is 29.1 Å². The van der Waals surface area contributed by atoms with Gasteiger partial charge in [-0.1, -0.05) is 11.6 Å². The zero-order valence-corrected chi connectivity index (χ0v) is 17.6. The van der Waals surface area contributed by atoms with Crippen molar-refractivity contribution in [3.8, 4) is 6.07 Å². The molecule has 0 fully saturated rings. The van der Waals surface area contributed by atoms with Gasteiger partial charge in [-0.25, -0.2) is 8.78 Å². The molecule has 2 aromatic carbocycles. The third-order valence-electron chi connectivity index (χ3n) is 5.14. The highest BCUT2D eigenvalue weighted by atomic mass is 35.5. The highest BCUT2D eigenvalue weighted by Gasteiger charge is 2.34. The predicted octanol–water partition coefficient (Wildman–Crippen LogP) is 4.78. The highest BCUT2D eigenvalue weighted by molar-refractivity contribution is 6.31. The first-order valence-electron chi connectivity index (χ1n) is 9.55. The summed E-state index contributed by atoms with van der Waals surface area (Å²) in [6, 6.07) is 6.75. The molecule has 2 N–H and O–H groups in total. The first kappa shape index (κ1) is 23.3. The molecule has 0 saturated carbocycles. The van der Waals surface area contributed by atoms with E-state index in [1.807, 2.05) is 6.07 Å². The Bertz CT molecular complexity index is 1380. The van der Waals surface area contributed by atoms with E-state index < -0.39 is 46.8 Å². The maximum Gasteiger partial charge on any atom is 0.416 e. The van der Waals surface area contributed by atoms with E-state index in [0.717, 1.165) is 12.1 Å². The minimum absolute atomic E-state index is 0.0482. The largest absolute Gasteiger partial charge is 0.416 e. The van der Waals surface area contributed by atoms with E-state index in [4.69, 9.17) is 11.6 Å². The van der Waals surface area contributed by atoms with Crippen LogP contribution in [0.5, 0.6) is 0 Å². The standard InChI is InChI=1S/C22H12ClF5N4O2/c23-16-2-1-12(24)6-15(16)19-20-17(7-14(8-29)32(20)9-18(33)31-19)30-21(34)10-3-11(22(26,27)28)5-13(25)4-10/h1-7,19H,9H2,(H,30,34)(H,31,33)/t19-/m1/s1. The van der Waals surface area contributed by atoms with Gasteiger partial charge in [0, 0.05) is 16.1 Å². The molecule has 2 amide bonds. The number of benzene rings is 2. The van der Waals surface area contributed by atoms with E-state index in [0.29, 0.717) is 12.1 Å². The van der Waals surface area contributed by atoms with Gasteiger partial charge >= 0.3 is 6.18 Å². The minimum Gasteiger partial charge on any atom is -0.342 e. The molecular weight excluding hydrogens is 483 g/mol. The van der Waals surface area contributed by atoms with Crippen molar-refractivity contribution in [1.82, 2.24) is 9.88 Å². The molecule has 1 aromatic heterocycles. The summed E-state index contributed by atoms with van der Waals surface area (Å²) >= 11 is 6.19. The Balaban J connectivity index is 1.80. The molecule has 4 rings (SSSR count). The molecule has 0 radical (unpaired) electrons. The molecule has 0 aliphatic carbocycles. The molecule has 0 unspecified atom stereocenters. The lowest BCUT2D eigenvalue weighted by atomic mass is 10.0. The number of nitrogens with one attached hydrogen (secondary N) is 2. The number of aromatic nitrogens is 1. The number of alkyl halides is 3. The summed E-state index contributed by atoms with van der Waals surface area (Å²) in [7, 11) is 0. The summed E-state index contributed by atoms with van der Waals surface area (Å²) in [5.41, 5.74) is -1.81. The molecule has 1 atom stereocenters. The summed E-state index contributed by atoms with van der Waals surface area (Å²) in [6.07, 6.45) is -4.88. The van der Waals surface area contributed by atoms with E-state index in [-0.39, 0.29) is 40.3 Å². The van der Waals surface area contributed by atoms with Gasteiger partial charge < -0.3 is 15.2 Å². The molecule has 174 valence electrons. The normalized spacial score (nSPS) is 15.3. The molecule has 34 heavy (non-hydrogen) atoms. The number of amides is 2. The van der Waals surface area contributed by atoms with Gasteiger partial charge in [0.1, 0.15) is 29.9 Å². The van der Waals surface area contributed by atoms with Gasteiger partial charge in [0.2, 0.25) is 5.91 Å². The van der Waals surface area contributed by atoms with Gasteiger partial charge in [0.15, 0.2) is 0 Å². The molecule has 2 heterocycles. The van der Waals surface area contributed by atoms with E-state index in [1.165, 1.54) is 16.7 Å². The number of halogens is 6. The molecule has 0 spiro atoms. The SMILES string of the molecule is N#Cc1cc(NC(=O)c2cc(F)cc(C(F)(F)F)c2)c2n1CC(=O)N[C@@H]2c1cc(F)ccc1Cl. The van der Waals surface area contributed by atoms with E-state index in [1.54, 1.807) is 0 Å². The van der Waals surface area contributed by atoms with Crippen molar-refractivity contribution in [3.05, 3.63) is 87.2 Å². The lowest BCUT2D eigenvalue weighted by Gasteiger charge is -2.28. The number of carbonyl (C=O) groups excluding carboxylic acids is 2. The van der Waals surface area contributed by atoms with Crippen LogP contribution in [-0.2, 0) is 17.5 Å². The van der Waals surface area contributed by atoms with Crippen molar-refractivity contribution in [2.45, 2.75) is 18.8 Å². The molecular formula is C22H12ClF5N4O2. The molecule has 3 aromatic rings. The number of rotatable bonds is 3. The van der Waals surface area contributed by atoms with E-state index in [9.17, 15) is 36.8 Å². The second kappa shape index (κ2) is 8.46. The van der Waals surface area contributed by atoms with Crippen LogP contribution in [0.15, 0.2) is 42.5 Å². The lowest BCUT2D eigenvalue weighted by molar-refractivity contribution is -0.137. The molecule has 12 heteroatoms. The first-order valence-corrected chi connectivity index (χ1v) is 9.92. The maximum atomic E-state index is 13.9. The van der Waals surface area contributed by atoms with Crippen molar-refractivity contribution in [1.29, 1.82) is 5.26 Å². The van der Waals surface area contributed by atoms with Crippen LogP contribution in [0.25, 0.3) is 0 Å². The lowest BCUT2D eigenvalue weighted by Crippen LogP contribution is -2.39. The van der Waals surface area contributed by atoms with Gasteiger partial charge in [-0.05, 0) is 42.5 Å². The Hall–Kier alpha value is -3.91. The summed E-state index contributed by atoms with van der Waals surface area (Å²) < 4.78 is 68.1. The first-order chi connectivity index (χ1) is 16.0. The molecule has 1 aliphatic heterocycles. The fourth-order valence-electron chi connectivity index (χ4n) is 3.70. The molecule has 6 nitrogen and oxygen atoms in total. The number of fused-ring (bicyclic) bond motifs is 1. The minimum atomic E-state index is -4.88. The maximum absolute atomic E-state index is 13.9. The summed E-state index contributed by atoms with van der Waals surface area (Å²) in [5, 5.41) is 14.5. The number of carbonyl (C=O) groups is 2. The second-order valence-electron chi connectivity index (χ2n) is 7.37. The molecule has 0 bridgehead atoms. The average molecular weight is 495 g/mol. The van der Waals surface area contributed by atoms with Crippen molar-refractivity contribution < 1.29 is 31.5 Å². The van der Waals surface area contributed by atoms with Crippen LogP contribution in [0.2, 0.25) is 5.02 Å². The second-order valence-corrected chi connectivity index (χ2v) is 7.78. The Morgan fingerprint density at radius 1 is 1.15 bits per heavy atom. The Kier molecular flexibility index (Phi) is 5.79. The quantitative estimate of drug-likeness (QED) is 0.514. The van der Waals surface area contributed by atoms with Gasteiger partial charge in [0.25, 0.3) is 5.91 Å². The monoisotopic (exact) mass is 494 g/mol. The summed E-state index contributed by atoms with van der Waals surface area (Å²) in [6.45, 7) is -0.310. The van der Waals surface area contributed by atoms with Gasteiger partial charge in [-0.15, -0.1) is 0 Å². The zero-order valence-electron chi connectivity index (χ0n) is 16.8. The van der Waals surface area contributed by atoms with Gasteiger partial charge in [-0.2, -0.15) is 18.4 Å². The van der Waals surface area contributed by atoms with Crippen LogP contribution in [-0.4, -0.2) is 16.4 Å². The summed E-state index contributed by atoms with van der Waals surface area (Å²) in [4.78, 5) is 25.0. The fraction of sp³-hybridized carbons (Fsp3) is 0.136. The number of hydrogen-bond donors (Lipinski definition) is 2. The van der Waals surface area contributed by atoms with Crippen LogP contribution in [0.1, 0.15) is 38.9 Å².